The zero-order chi connectivity index (χ0) is 28.8. The molecule has 0 bridgehead atoms. The maximum Gasteiger partial charge on any atom is 0.0970 e. The summed E-state index contributed by atoms with van der Waals surface area (Å²) >= 11 is 0. The number of aromatic nitrogens is 4. The van der Waals surface area contributed by atoms with Crippen LogP contribution in [-0.2, 0) is 0 Å². The van der Waals surface area contributed by atoms with E-state index in [2.05, 4.69) is 94.9 Å². The molecule has 0 radical (unpaired) electrons. The van der Waals surface area contributed by atoms with Gasteiger partial charge in [0.2, 0.25) is 0 Å². The van der Waals surface area contributed by atoms with Crippen LogP contribution in [0.4, 0.5) is 0 Å². The van der Waals surface area contributed by atoms with Gasteiger partial charge in [-0.15, -0.1) is 0 Å². The Morgan fingerprint density at radius 1 is 0.318 bits per heavy atom. The van der Waals surface area contributed by atoms with Crippen molar-refractivity contribution < 1.29 is 0 Å². The summed E-state index contributed by atoms with van der Waals surface area (Å²) in [4.78, 5) is 18.8. The molecule has 0 unspecified atom stereocenters. The Bertz CT molecular complexity index is 2670. The molecule has 0 saturated carbocycles. The fourth-order valence-corrected chi connectivity index (χ4v) is 7.27. The normalized spacial score (nSPS) is 12.1. The second-order valence-electron chi connectivity index (χ2n) is 11.4. The lowest BCUT2D eigenvalue weighted by Crippen LogP contribution is -1.90. The highest BCUT2D eigenvalue weighted by Crippen LogP contribution is 2.51. The molecular formula is C40H22N4. The van der Waals surface area contributed by atoms with Crippen LogP contribution in [0.3, 0.4) is 0 Å². The highest BCUT2D eigenvalue weighted by atomic mass is 14.7. The number of hydrogen-bond donors (Lipinski definition) is 0. The predicted octanol–water partition coefficient (Wildman–Crippen LogP) is 10.0. The largest absolute Gasteiger partial charge is 0.254 e. The number of rotatable bonds is 2. The lowest BCUT2D eigenvalue weighted by molar-refractivity contribution is 1.37. The van der Waals surface area contributed by atoms with Gasteiger partial charge < -0.3 is 0 Å². The van der Waals surface area contributed by atoms with E-state index in [0.29, 0.717) is 0 Å². The van der Waals surface area contributed by atoms with E-state index in [1.165, 1.54) is 55.3 Å². The highest BCUT2D eigenvalue weighted by Gasteiger charge is 2.24. The van der Waals surface area contributed by atoms with E-state index in [1.54, 1.807) is 0 Å². The van der Waals surface area contributed by atoms with Gasteiger partial charge in [0, 0.05) is 46.3 Å². The highest BCUT2D eigenvalue weighted by molar-refractivity contribution is 6.22. The van der Waals surface area contributed by atoms with Gasteiger partial charge in [0.15, 0.2) is 0 Å². The molecule has 0 atom stereocenters. The van der Waals surface area contributed by atoms with E-state index in [1.807, 2.05) is 49.1 Å². The van der Waals surface area contributed by atoms with E-state index in [9.17, 15) is 0 Å². The molecule has 0 N–H and O–H groups in total. The summed E-state index contributed by atoms with van der Waals surface area (Å²) in [6, 6.07) is 39.3. The second-order valence-corrected chi connectivity index (χ2v) is 11.4. The summed E-state index contributed by atoms with van der Waals surface area (Å²) in [7, 11) is 0. The third-order valence-electron chi connectivity index (χ3n) is 9.16. The number of nitrogens with zero attached hydrogens (tertiary/aromatic N) is 4. The van der Waals surface area contributed by atoms with Crippen LogP contribution in [-0.4, -0.2) is 19.9 Å². The molecule has 0 fully saturated rings. The molecule has 10 rings (SSSR count). The van der Waals surface area contributed by atoms with Crippen molar-refractivity contribution >= 4 is 54.4 Å². The maximum atomic E-state index is 4.76. The van der Waals surface area contributed by atoms with Crippen molar-refractivity contribution in [3.63, 3.8) is 0 Å². The lowest BCUT2D eigenvalue weighted by Gasteiger charge is -2.13. The van der Waals surface area contributed by atoms with E-state index in [4.69, 9.17) is 9.97 Å². The van der Waals surface area contributed by atoms with E-state index >= 15 is 0 Å². The molecule has 4 heteroatoms. The molecule has 0 saturated heterocycles. The topological polar surface area (TPSA) is 51.6 Å². The van der Waals surface area contributed by atoms with Gasteiger partial charge in [0.05, 0.1) is 22.1 Å². The molecule has 4 nitrogen and oxygen atoms in total. The molecule has 202 valence electrons. The Balaban J connectivity index is 1.21. The van der Waals surface area contributed by atoms with Crippen LogP contribution in [0.2, 0.25) is 0 Å². The number of benzene rings is 5. The van der Waals surface area contributed by atoms with Gasteiger partial charge in [-0.1, -0.05) is 66.7 Å². The van der Waals surface area contributed by atoms with Gasteiger partial charge in [-0.2, -0.15) is 0 Å². The van der Waals surface area contributed by atoms with Crippen molar-refractivity contribution in [1.82, 2.24) is 19.9 Å². The minimum atomic E-state index is 0.934. The summed E-state index contributed by atoms with van der Waals surface area (Å²) < 4.78 is 0. The van der Waals surface area contributed by atoms with Crippen molar-refractivity contribution in [1.29, 1.82) is 0 Å². The fraction of sp³-hybridized carbons (Fsp3) is 0. The van der Waals surface area contributed by atoms with E-state index < -0.39 is 0 Å². The van der Waals surface area contributed by atoms with Crippen molar-refractivity contribution in [3.8, 4) is 44.5 Å². The first-order chi connectivity index (χ1) is 21.8. The average molecular weight is 559 g/mol. The van der Waals surface area contributed by atoms with Crippen molar-refractivity contribution in [2.75, 3.05) is 0 Å². The van der Waals surface area contributed by atoms with E-state index in [0.717, 1.165) is 43.6 Å². The quantitative estimate of drug-likeness (QED) is 0.198. The Hall–Kier alpha value is -6.00. The van der Waals surface area contributed by atoms with Crippen LogP contribution in [0.5, 0.6) is 0 Å². The Labute approximate surface area is 252 Å². The molecule has 9 aromatic rings. The SMILES string of the molecule is c1cnc2c(c1)cc(-c1ccc3c(c1)-c1cccc4c(-c5cc6cccnc6c6ncccc56)ccc-3c14)c1cccnc12. The van der Waals surface area contributed by atoms with Gasteiger partial charge in [-0.05, 0) is 97.7 Å². The minimum absolute atomic E-state index is 0.934. The standard InChI is InChI=1S/C40H22N4/c1-8-28-27(35-22-25-7-3-17-42-38(25)40-32(35)11-5-19-44-40)14-15-30-26-13-12-23(20-34(26)29(9-1)36(28)30)33-21-24-6-2-16-41-37(24)39-31(33)10-4-18-43-39/h1-22H. The first kappa shape index (κ1) is 23.6. The van der Waals surface area contributed by atoms with Gasteiger partial charge in [-0.3, -0.25) is 19.9 Å². The van der Waals surface area contributed by atoms with Crippen LogP contribution < -0.4 is 0 Å². The summed E-state index contributed by atoms with van der Waals surface area (Å²) in [5.74, 6) is 0. The van der Waals surface area contributed by atoms with Crippen LogP contribution in [0.1, 0.15) is 0 Å². The van der Waals surface area contributed by atoms with Crippen molar-refractivity contribution in [2.24, 2.45) is 0 Å². The van der Waals surface area contributed by atoms with Crippen LogP contribution in [0, 0.1) is 0 Å². The molecule has 0 aliphatic heterocycles. The summed E-state index contributed by atoms with van der Waals surface area (Å²) in [5, 5.41) is 6.96. The Morgan fingerprint density at radius 3 is 1.59 bits per heavy atom. The van der Waals surface area contributed by atoms with Crippen molar-refractivity contribution in [2.45, 2.75) is 0 Å². The van der Waals surface area contributed by atoms with Crippen LogP contribution >= 0.6 is 0 Å². The van der Waals surface area contributed by atoms with E-state index in [-0.39, 0.29) is 0 Å². The molecule has 0 spiro atoms. The number of fused-ring (bicyclic) bond motifs is 9. The molecule has 4 heterocycles. The number of pyridine rings is 4. The maximum absolute atomic E-state index is 4.76. The van der Waals surface area contributed by atoms with Crippen molar-refractivity contribution in [3.05, 3.63) is 134 Å². The average Bonchev–Trinajstić information content (AvgIpc) is 3.42. The molecule has 4 aromatic heterocycles. The zero-order valence-corrected chi connectivity index (χ0v) is 23.5. The van der Waals surface area contributed by atoms with Gasteiger partial charge in [0.1, 0.15) is 0 Å². The second kappa shape index (κ2) is 8.76. The van der Waals surface area contributed by atoms with Crippen LogP contribution in [0.25, 0.3) is 98.9 Å². The molecular weight excluding hydrogens is 536 g/mol. The number of hydrogen-bond acceptors (Lipinski definition) is 4. The Kier molecular flexibility index (Phi) is 4.69. The third kappa shape index (κ3) is 3.17. The minimum Gasteiger partial charge on any atom is -0.254 e. The zero-order valence-electron chi connectivity index (χ0n) is 23.5. The third-order valence-corrected chi connectivity index (χ3v) is 9.16. The molecule has 0 amide bonds. The van der Waals surface area contributed by atoms with Gasteiger partial charge in [0.25, 0.3) is 0 Å². The molecule has 44 heavy (non-hydrogen) atoms. The van der Waals surface area contributed by atoms with Gasteiger partial charge in [-0.25, -0.2) is 0 Å². The van der Waals surface area contributed by atoms with Crippen LogP contribution in [0.15, 0.2) is 134 Å². The van der Waals surface area contributed by atoms with Gasteiger partial charge >= 0.3 is 0 Å². The summed E-state index contributed by atoms with van der Waals surface area (Å²) in [6.45, 7) is 0. The monoisotopic (exact) mass is 558 g/mol. The Morgan fingerprint density at radius 2 is 0.864 bits per heavy atom. The summed E-state index contributed by atoms with van der Waals surface area (Å²) in [6.07, 6.45) is 7.39. The molecule has 1 aliphatic rings. The predicted molar refractivity (Wildman–Crippen MR) is 180 cm³/mol. The molecule has 1 aliphatic carbocycles. The smallest absolute Gasteiger partial charge is 0.0970 e. The fourth-order valence-electron chi connectivity index (χ4n) is 7.27. The first-order valence-electron chi connectivity index (χ1n) is 14.8. The summed E-state index contributed by atoms with van der Waals surface area (Å²) in [5.41, 5.74) is 13.6. The molecule has 5 aromatic carbocycles. The lowest BCUT2D eigenvalue weighted by atomic mass is 9.91. The first-order valence-corrected chi connectivity index (χ1v) is 14.8.